The van der Waals surface area contributed by atoms with Crippen LogP contribution in [0.1, 0.15) is 67.6 Å². The first-order chi connectivity index (χ1) is 18.6. The molecule has 1 saturated carbocycles. The second-order valence-electron chi connectivity index (χ2n) is 11.5. The third-order valence-corrected chi connectivity index (χ3v) is 7.85. The van der Waals surface area contributed by atoms with Crippen molar-refractivity contribution in [3.05, 3.63) is 89.5 Å². The fraction of sp³-hybridized carbons (Fsp3) is 0.387. The predicted octanol–water partition coefficient (Wildman–Crippen LogP) is 5.17. The van der Waals surface area contributed by atoms with Gasteiger partial charge in [-0.05, 0) is 66.6 Å². The molecule has 2 aliphatic rings. The zero-order chi connectivity index (χ0) is 27.7. The van der Waals surface area contributed by atoms with Crippen LogP contribution >= 0.6 is 0 Å². The number of benzene rings is 2. The van der Waals surface area contributed by atoms with Crippen molar-refractivity contribution in [2.75, 3.05) is 17.2 Å². The number of fused-ring (bicyclic) bond motifs is 1. The number of anilines is 2. The molecular formula is C31H35FN4O3. The van der Waals surface area contributed by atoms with Crippen molar-refractivity contribution in [1.82, 2.24) is 10.3 Å². The van der Waals surface area contributed by atoms with E-state index < -0.39 is 17.8 Å². The van der Waals surface area contributed by atoms with Crippen molar-refractivity contribution in [2.24, 2.45) is 5.92 Å². The van der Waals surface area contributed by atoms with Gasteiger partial charge in [-0.1, -0.05) is 39.0 Å². The molecule has 2 fully saturated rings. The summed E-state index contributed by atoms with van der Waals surface area (Å²) in [4.78, 5) is 34.0. The Hall–Kier alpha value is -3.78. The first kappa shape index (κ1) is 26.8. The molecule has 7 nitrogen and oxygen atoms in total. The number of aromatic nitrogens is 1. The summed E-state index contributed by atoms with van der Waals surface area (Å²) in [5.41, 5.74) is 7.96. The van der Waals surface area contributed by atoms with Crippen LogP contribution in [0.2, 0.25) is 0 Å². The average Bonchev–Trinajstić information content (AvgIpc) is 3.54. The number of hydrogen-bond acceptors (Lipinski definition) is 5. The summed E-state index contributed by atoms with van der Waals surface area (Å²) in [6.07, 6.45) is 6.02. The number of ether oxygens (including phenoxy) is 1. The molecule has 5 rings (SSSR count). The van der Waals surface area contributed by atoms with E-state index in [9.17, 15) is 14.0 Å². The predicted molar refractivity (Wildman–Crippen MR) is 149 cm³/mol. The molecule has 204 valence electrons. The number of hydrogen-bond donors (Lipinski definition) is 2. The van der Waals surface area contributed by atoms with Crippen molar-refractivity contribution >= 4 is 23.2 Å². The first-order valence-electron chi connectivity index (χ1n) is 13.4. The normalized spacial score (nSPS) is 21.3. The highest BCUT2D eigenvalue weighted by atomic mass is 19.1. The summed E-state index contributed by atoms with van der Waals surface area (Å²) in [7, 11) is 0. The Labute approximate surface area is 228 Å². The van der Waals surface area contributed by atoms with Gasteiger partial charge in [-0.15, -0.1) is 0 Å². The Morgan fingerprint density at radius 1 is 1.10 bits per heavy atom. The van der Waals surface area contributed by atoms with Gasteiger partial charge in [-0.2, -0.15) is 0 Å². The molecule has 1 aliphatic carbocycles. The van der Waals surface area contributed by atoms with Gasteiger partial charge in [0.2, 0.25) is 5.91 Å². The fourth-order valence-electron chi connectivity index (χ4n) is 5.70. The molecule has 4 atom stereocenters. The van der Waals surface area contributed by atoms with Crippen LogP contribution < -0.4 is 16.0 Å². The van der Waals surface area contributed by atoms with Crippen LogP contribution in [-0.4, -0.2) is 35.6 Å². The van der Waals surface area contributed by atoms with Gasteiger partial charge < -0.3 is 15.8 Å². The Morgan fingerprint density at radius 3 is 2.54 bits per heavy atom. The number of rotatable bonds is 6. The third-order valence-electron chi connectivity index (χ3n) is 7.85. The maximum Gasteiger partial charge on any atom is 0.259 e. The van der Waals surface area contributed by atoms with Gasteiger partial charge in [0.05, 0.1) is 11.8 Å². The van der Waals surface area contributed by atoms with Gasteiger partial charge in [0.15, 0.2) is 0 Å². The number of nitrogens with zero attached hydrogens (tertiary/aromatic N) is 2. The second-order valence-corrected chi connectivity index (χ2v) is 11.5. The molecule has 0 bridgehead atoms. The standard InChI is InChI=1S/C31H35FN4O3/c1-31(2,3)21-7-9-22(10-8-21)36(30(38)19-6-11-24(32)25(33)17-19)28(20-5-4-15-34-18-20)29(37)35-26-12-13-27-23(26)14-16-39-27/h4-11,15,17-18,23,26-28H,12-14,16,33H2,1-3H3,(H,35,37). The Kier molecular flexibility index (Phi) is 7.40. The molecule has 1 saturated heterocycles. The molecule has 2 heterocycles. The molecule has 39 heavy (non-hydrogen) atoms. The maximum absolute atomic E-state index is 14.2. The number of nitrogens with two attached hydrogens (primary N) is 1. The number of halogens is 1. The Balaban J connectivity index is 1.58. The highest BCUT2D eigenvalue weighted by Crippen LogP contribution is 2.37. The van der Waals surface area contributed by atoms with Crippen LogP contribution in [0.15, 0.2) is 67.0 Å². The van der Waals surface area contributed by atoms with Gasteiger partial charge in [0, 0.05) is 47.8 Å². The molecule has 2 aromatic carbocycles. The van der Waals surface area contributed by atoms with Crippen molar-refractivity contribution in [3.8, 4) is 0 Å². The summed E-state index contributed by atoms with van der Waals surface area (Å²) in [6.45, 7) is 7.03. The Bertz CT molecular complexity index is 1340. The van der Waals surface area contributed by atoms with Crippen molar-refractivity contribution in [1.29, 1.82) is 0 Å². The minimum atomic E-state index is -1.01. The van der Waals surface area contributed by atoms with E-state index >= 15 is 0 Å². The third kappa shape index (κ3) is 5.52. The highest BCUT2D eigenvalue weighted by molar-refractivity contribution is 6.10. The lowest BCUT2D eigenvalue weighted by atomic mass is 9.87. The van der Waals surface area contributed by atoms with Gasteiger partial charge in [-0.3, -0.25) is 19.5 Å². The zero-order valence-electron chi connectivity index (χ0n) is 22.6. The molecule has 3 N–H and O–H groups in total. The monoisotopic (exact) mass is 530 g/mol. The minimum absolute atomic E-state index is 0.0362. The summed E-state index contributed by atoms with van der Waals surface area (Å²) >= 11 is 0. The topological polar surface area (TPSA) is 97.5 Å². The molecule has 4 unspecified atom stereocenters. The molecule has 8 heteroatoms. The smallest absolute Gasteiger partial charge is 0.259 e. The summed E-state index contributed by atoms with van der Waals surface area (Å²) in [5, 5.41) is 3.24. The van der Waals surface area contributed by atoms with Gasteiger partial charge in [0.1, 0.15) is 11.9 Å². The molecule has 3 aromatic rings. The van der Waals surface area contributed by atoms with E-state index in [0.29, 0.717) is 17.9 Å². The van der Waals surface area contributed by atoms with Crippen molar-refractivity contribution in [2.45, 2.75) is 63.6 Å². The number of nitrogens with one attached hydrogen (secondary N) is 1. The minimum Gasteiger partial charge on any atom is -0.396 e. The van der Waals surface area contributed by atoms with Gasteiger partial charge in [0.25, 0.3) is 5.91 Å². The highest BCUT2D eigenvalue weighted by Gasteiger charge is 2.43. The van der Waals surface area contributed by atoms with E-state index in [2.05, 4.69) is 31.1 Å². The summed E-state index contributed by atoms with van der Waals surface area (Å²) in [5.74, 6) is -1.12. The molecule has 2 amide bonds. The average molecular weight is 531 g/mol. The quantitative estimate of drug-likeness (QED) is 0.429. The van der Waals surface area contributed by atoms with Crippen LogP contribution in [0.5, 0.6) is 0 Å². The molecule has 0 spiro atoms. The van der Waals surface area contributed by atoms with E-state index in [1.165, 1.54) is 23.1 Å². The van der Waals surface area contributed by atoms with Crippen LogP contribution in [0.4, 0.5) is 15.8 Å². The van der Waals surface area contributed by atoms with E-state index in [0.717, 1.165) is 24.8 Å². The lowest BCUT2D eigenvalue weighted by Gasteiger charge is -2.33. The first-order valence-corrected chi connectivity index (χ1v) is 13.4. The van der Waals surface area contributed by atoms with E-state index in [-0.39, 0.29) is 40.6 Å². The van der Waals surface area contributed by atoms with E-state index in [4.69, 9.17) is 10.5 Å². The van der Waals surface area contributed by atoms with E-state index in [1.807, 2.05) is 24.3 Å². The summed E-state index contributed by atoms with van der Waals surface area (Å²) < 4.78 is 19.8. The molecule has 1 aliphatic heterocycles. The summed E-state index contributed by atoms with van der Waals surface area (Å²) in [6, 6.07) is 14.0. The van der Waals surface area contributed by atoms with Crippen molar-refractivity contribution in [3.63, 3.8) is 0 Å². The Morgan fingerprint density at radius 2 is 1.87 bits per heavy atom. The lowest BCUT2D eigenvalue weighted by Crippen LogP contribution is -2.48. The largest absolute Gasteiger partial charge is 0.396 e. The molecule has 1 aromatic heterocycles. The van der Waals surface area contributed by atoms with E-state index in [1.54, 1.807) is 24.5 Å². The molecular weight excluding hydrogens is 495 g/mol. The van der Waals surface area contributed by atoms with Gasteiger partial charge in [-0.25, -0.2) is 4.39 Å². The van der Waals surface area contributed by atoms with Crippen molar-refractivity contribution < 1.29 is 18.7 Å². The van der Waals surface area contributed by atoms with Crippen LogP contribution in [0.3, 0.4) is 0 Å². The maximum atomic E-state index is 14.2. The number of pyridine rings is 1. The second kappa shape index (κ2) is 10.8. The lowest BCUT2D eigenvalue weighted by molar-refractivity contribution is -0.123. The van der Waals surface area contributed by atoms with Crippen LogP contribution in [0.25, 0.3) is 0 Å². The zero-order valence-corrected chi connectivity index (χ0v) is 22.6. The number of carbonyl (C=O) groups excluding carboxylic acids is 2. The van der Waals surface area contributed by atoms with Crippen LogP contribution in [0, 0.1) is 11.7 Å². The molecule has 0 radical (unpaired) electrons. The number of nitrogen functional groups attached to an aromatic ring is 1. The van der Waals surface area contributed by atoms with Gasteiger partial charge >= 0.3 is 0 Å². The number of carbonyl (C=O) groups is 2. The fourth-order valence-corrected chi connectivity index (χ4v) is 5.70. The number of amides is 2. The SMILES string of the molecule is CC(C)(C)c1ccc(N(C(=O)c2ccc(F)c(N)c2)C(C(=O)NC2CCC3OCCC23)c2cccnc2)cc1. The van der Waals surface area contributed by atoms with Crippen LogP contribution in [-0.2, 0) is 14.9 Å².